The van der Waals surface area contributed by atoms with Crippen LogP contribution in [0.3, 0.4) is 0 Å². The number of imide groups is 1. The lowest BCUT2D eigenvalue weighted by Crippen LogP contribution is -2.58. The van der Waals surface area contributed by atoms with E-state index in [2.05, 4.69) is 0 Å². The number of rotatable bonds is 1. The van der Waals surface area contributed by atoms with Crippen LogP contribution >= 0.6 is 23.2 Å². The summed E-state index contributed by atoms with van der Waals surface area (Å²) >= 11 is 10.0. The fourth-order valence-corrected chi connectivity index (χ4v) is 1.55. The zero-order valence-electron chi connectivity index (χ0n) is 7.29. The average Bonchev–Trinajstić information content (AvgIpc) is 2.21. The lowest BCUT2D eigenvalue weighted by Gasteiger charge is -2.31. The van der Waals surface area contributed by atoms with E-state index in [9.17, 15) is 19.1 Å². The van der Waals surface area contributed by atoms with Crippen LogP contribution in [0.4, 0.5) is 9.18 Å². The van der Waals surface area contributed by atoms with Crippen LogP contribution in [-0.4, -0.2) is 51.3 Å². The first-order valence-electron chi connectivity index (χ1n) is 3.49. The van der Waals surface area contributed by atoms with E-state index in [4.69, 9.17) is 23.2 Å². The predicted octanol–water partition coefficient (Wildman–Crippen LogP) is 0.300. The van der Waals surface area contributed by atoms with Gasteiger partial charge in [0.15, 0.2) is 0 Å². The van der Waals surface area contributed by atoms with E-state index < -0.39 is 22.3 Å². The molecule has 1 N–H and O–H groups in total. The van der Waals surface area contributed by atoms with Crippen LogP contribution < -0.4 is 0 Å². The number of likely N-dealkylation sites (N-methyl/N-ethyl adjacent to an activating group) is 2. The van der Waals surface area contributed by atoms with Gasteiger partial charge in [0.1, 0.15) is 0 Å². The van der Waals surface area contributed by atoms with Crippen molar-refractivity contribution < 1.29 is 19.1 Å². The molecular formula is C6H7Cl2FN2O3. The van der Waals surface area contributed by atoms with E-state index in [1.54, 1.807) is 0 Å². The summed E-state index contributed by atoms with van der Waals surface area (Å²) in [5.74, 6) is -1.21. The summed E-state index contributed by atoms with van der Waals surface area (Å²) in [5, 5.41) is 9.58. The lowest BCUT2D eigenvalue weighted by atomic mass is 10.2. The maximum atomic E-state index is 13.2. The molecule has 0 spiro atoms. The van der Waals surface area contributed by atoms with Crippen molar-refractivity contribution in [1.29, 1.82) is 0 Å². The number of carbonyl (C=O) groups is 2. The SMILES string of the molecule is CN1C(=O)N(C)C(O)(C(F)(Cl)Cl)C1=O. The highest BCUT2D eigenvalue weighted by molar-refractivity contribution is 6.49. The second-order valence-electron chi connectivity index (χ2n) is 2.88. The predicted molar refractivity (Wildman–Crippen MR) is 46.4 cm³/mol. The lowest BCUT2D eigenvalue weighted by molar-refractivity contribution is -0.160. The normalized spacial score (nSPS) is 29.0. The van der Waals surface area contributed by atoms with Crippen LogP contribution in [0, 0.1) is 0 Å². The van der Waals surface area contributed by atoms with E-state index in [0.717, 1.165) is 14.1 Å². The van der Waals surface area contributed by atoms with Gasteiger partial charge in [-0.2, -0.15) is 0 Å². The molecule has 80 valence electrons. The maximum absolute atomic E-state index is 13.2. The van der Waals surface area contributed by atoms with Crippen LogP contribution in [0.15, 0.2) is 0 Å². The van der Waals surface area contributed by atoms with Gasteiger partial charge in [-0.15, -0.1) is 0 Å². The summed E-state index contributed by atoms with van der Waals surface area (Å²) in [4.78, 5) is 23.4. The summed E-state index contributed by atoms with van der Waals surface area (Å²) in [5.41, 5.74) is -2.87. The van der Waals surface area contributed by atoms with Gasteiger partial charge in [0.25, 0.3) is 11.6 Å². The Kier molecular flexibility index (Phi) is 2.42. The van der Waals surface area contributed by atoms with Gasteiger partial charge < -0.3 is 5.11 Å². The Bertz CT molecular complexity index is 306. The molecular weight excluding hydrogens is 238 g/mol. The first-order valence-corrected chi connectivity index (χ1v) is 4.24. The Hall–Kier alpha value is -0.590. The second kappa shape index (κ2) is 2.95. The number of carbonyl (C=O) groups excluding carboxylic acids is 2. The number of nitrogens with zero attached hydrogens (tertiary/aromatic N) is 2. The average molecular weight is 245 g/mol. The summed E-state index contributed by atoms with van der Waals surface area (Å²) in [6.45, 7) is 0. The van der Waals surface area contributed by atoms with Crippen molar-refractivity contribution in [3.05, 3.63) is 0 Å². The van der Waals surface area contributed by atoms with Gasteiger partial charge >= 0.3 is 10.6 Å². The molecule has 8 heteroatoms. The molecule has 0 bridgehead atoms. The summed E-state index contributed by atoms with van der Waals surface area (Å²) < 4.78 is 9.90. The van der Waals surface area contributed by atoms with E-state index in [1.165, 1.54) is 0 Å². The summed E-state index contributed by atoms with van der Waals surface area (Å²) in [7, 11) is 2.10. The fraction of sp³-hybridized carbons (Fsp3) is 0.667. The van der Waals surface area contributed by atoms with E-state index >= 15 is 0 Å². The fourth-order valence-electron chi connectivity index (χ4n) is 1.14. The number of alkyl halides is 3. The Balaban J connectivity index is 3.25. The molecule has 1 unspecified atom stereocenters. The standard InChI is InChI=1S/C6H7Cl2FN2O3/c1-10-3(12)5(14,6(7,8)9)11(2)4(10)13/h14H,1-2H3. The molecule has 5 nitrogen and oxygen atoms in total. The number of amides is 3. The van der Waals surface area contributed by atoms with Crippen LogP contribution in [0.25, 0.3) is 0 Å². The van der Waals surface area contributed by atoms with Gasteiger partial charge in [0.2, 0.25) is 0 Å². The molecule has 0 radical (unpaired) electrons. The molecule has 0 aliphatic carbocycles. The Morgan fingerprint density at radius 2 is 1.86 bits per heavy atom. The molecule has 0 aromatic heterocycles. The number of hydrogen-bond acceptors (Lipinski definition) is 3. The maximum Gasteiger partial charge on any atom is 0.329 e. The minimum Gasteiger partial charge on any atom is -0.358 e. The van der Waals surface area contributed by atoms with E-state index in [0.29, 0.717) is 9.80 Å². The molecule has 1 heterocycles. The number of aliphatic hydroxyl groups is 1. The third-order valence-electron chi connectivity index (χ3n) is 2.06. The van der Waals surface area contributed by atoms with Crippen LogP contribution in [0.2, 0.25) is 0 Å². The van der Waals surface area contributed by atoms with Crippen molar-refractivity contribution in [2.75, 3.05) is 14.1 Å². The monoisotopic (exact) mass is 244 g/mol. The Morgan fingerprint density at radius 3 is 2.00 bits per heavy atom. The topological polar surface area (TPSA) is 60.9 Å². The summed E-state index contributed by atoms with van der Waals surface area (Å²) in [6, 6.07) is -0.888. The molecule has 3 amide bonds. The molecule has 1 aliphatic rings. The quantitative estimate of drug-likeness (QED) is 0.533. The Labute approximate surface area is 89.0 Å². The number of urea groups is 1. The van der Waals surface area contributed by atoms with Crippen molar-refractivity contribution in [3.8, 4) is 0 Å². The third kappa shape index (κ3) is 1.18. The largest absolute Gasteiger partial charge is 0.358 e. The van der Waals surface area contributed by atoms with Crippen molar-refractivity contribution in [1.82, 2.24) is 9.80 Å². The highest BCUT2D eigenvalue weighted by Gasteiger charge is 2.66. The zero-order valence-corrected chi connectivity index (χ0v) is 8.80. The molecule has 1 saturated heterocycles. The van der Waals surface area contributed by atoms with Crippen LogP contribution in [0.5, 0.6) is 0 Å². The van der Waals surface area contributed by atoms with Crippen molar-refractivity contribution in [2.45, 2.75) is 10.3 Å². The van der Waals surface area contributed by atoms with Gasteiger partial charge in [0.05, 0.1) is 0 Å². The van der Waals surface area contributed by atoms with Gasteiger partial charge in [-0.1, -0.05) is 23.2 Å². The Morgan fingerprint density at radius 1 is 1.43 bits per heavy atom. The molecule has 14 heavy (non-hydrogen) atoms. The smallest absolute Gasteiger partial charge is 0.329 e. The van der Waals surface area contributed by atoms with Crippen LogP contribution in [0.1, 0.15) is 0 Å². The molecule has 1 aliphatic heterocycles. The molecule has 0 saturated carbocycles. The van der Waals surface area contributed by atoms with E-state index in [-0.39, 0.29) is 0 Å². The molecule has 1 fully saturated rings. The van der Waals surface area contributed by atoms with Crippen molar-refractivity contribution in [2.24, 2.45) is 0 Å². The minimum atomic E-state index is -3.26. The molecule has 1 atom stereocenters. The molecule has 1 rings (SSSR count). The minimum absolute atomic E-state index is 0.440. The molecule has 0 aromatic rings. The van der Waals surface area contributed by atoms with E-state index in [1.807, 2.05) is 0 Å². The second-order valence-corrected chi connectivity index (χ2v) is 4.11. The molecule has 0 aromatic carbocycles. The summed E-state index contributed by atoms with van der Waals surface area (Å²) in [6.07, 6.45) is 0. The first kappa shape index (κ1) is 11.5. The highest BCUT2D eigenvalue weighted by atomic mass is 35.5. The number of hydrogen-bond donors (Lipinski definition) is 1. The van der Waals surface area contributed by atoms with Gasteiger partial charge in [0, 0.05) is 14.1 Å². The van der Waals surface area contributed by atoms with Crippen molar-refractivity contribution >= 4 is 35.1 Å². The highest BCUT2D eigenvalue weighted by Crippen LogP contribution is 2.41. The van der Waals surface area contributed by atoms with Gasteiger partial charge in [-0.05, 0) is 0 Å². The number of halogens is 3. The zero-order chi connectivity index (χ0) is 11.3. The van der Waals surface area contributed by atoms with Crippen LogP contribution in [-0.2, 0) is 4.79 Å². The third-order valence-corrected chi connectivity index (χ3v) is 2.58. The van der Waals surface area contributed by atoms with Gasteiger partial charge in [-0.25, -0.2) is 9.18 Å². The van der Waals surface area contributed by atoms with Gasteiger partial charge in [-0.3, -0.25) is 14.6 Å². The first-order chi connectivity index (χ1) is 6.14. The van der Waals surface area contributed by atoms with Crippen molar-refractivity contribution in [3.63, 3.8) is 0 Å².